The number of anilines is 1. The van der Waals surface area contributed by atoms with E-state index in [1.165, 1.54) is 0 Å². The minimum Gasteiger partial charge on any atom is -0.508 e. The molecular weight excluding hydrogens is 310 g/mol. The van der Waals surface area contributed by atoms with E-state index in [0.29, 0.717) is 17.9 Å². The molecule has 0 aliphatic heterocycles. The number of hydrogen-bond donors (Lipinski definition) is 3. The molecule has 0 fully saturated rings. The highest BCUT2D eigenvalue weighted by Gasteiger charge is 2.29. The predicted octanol–water partition coefficient (Wildman–Crippen LogP) is 5.35. The van der Waals surface area contributed by atoms with Gasteiger partial charge in [0.25, 0.3) is 0 Å². The average molecular weight is 341 g/mol. The molecule has 2 aromatic carbocycles. The second kappa shape index (κ2) is 6.99. The first-order chi connectivity index (χ1) is 11.6. The number of aromatic hydroxyl groups is 2. The van der Waals surface area contributed by atoms with Crippen molar-refractivity contribution < 1.29 is 10.2 Å². The van der Waals surface area contributed by atoms with Crippen molar-refractivity contribution in [2.24, 2.45) is 0 Å². The molecule has 0 heterocycles. The summed E-state index contributed by atoms with van der Waals surface area (Å²) in [7, 11) is 0. The minimum atomic E-state index is -0.312. The largest absolute Gasteiger partial charge is 0.508 e. The van der Waals surface area contributed by atoms with Crippen LogP contribution in [0.1, 0.15) is 58.2 Å². The molecule has 136 valence electrons. The van der Waals surface area contributed by atoms with E-state index >= 15 is 0 Å². The van der Waals surface area contributed by atoms with E-state index in [2.05, 4.69) is 39.9 Å². The molecule has 0 atom stereocenters. The summed E-state index contributed by atoms with van der Waals surface area (Å²) in [6, 6.07) is 11.6. The molecule has 0 radical (unpaired) electrons. The van der Waals surface area contributed by atoms with Gasteiger partial charge in [-0.2, -0.15) is 0 Å². The topological polar surface area (TPSA) is 52.5 Å². The standard InChI is InChI=1S/C22H31NO2/c1-7-23-16-11-12-19(24)15(13-16)14-22(5,6)18-10-8-9-17(20(18)25)21(2,3)4/h8-13,23-25H,7,14H2,1-6H3. The van der Waals surface area contributed by atoms with Crippen molar-refractivity contribution in [3.63, 3.8) is 0 Å². The Morgan fingerprint density at radius 1 is 0.920 bits per heavy atom. The summed E-state index contributed by atoms with van der Waals surface area (Å²) in [5.74, 6) is 0.656. The lowest BCUT2D eigenvalue weighted by molar-refractivity contribution is 0.408. The lowest BCUT2D eigenvalue weighted by Crippen LogP contribution is -2.22. The van der Waals surface area contributed by atoms with Crippen molar-refractivity contribution in [2.75, 3.05) is 11.9 Å². The maximum atomic E-state index is 10.9. The predicted molar refractivity (Wildman–Crippen MR) is 106 cm³/mol. The lowest BCUT2D eigenvalue weighted by atomic mass is 9.75. The van der Waals surface area contributed by atoms with Gasteiger partial charge in [0.1, 0.15) is 11.5 Å². The third kappa shape index (κ3) is 4.28. The second-order valence-electron chi connectivity index (χ2n) is 8.39. The Balaban J connectivity index is 2.42. The van der Waals surface area contributed by atoms with Crippen molar-refractivity contribution in [3.05, 3.63) is 53.1 Å². The normalized spacial score (nSPS) is 12.2. The van der Waals surface area contributed by atoms with E-state index in [1.54, 1.807) is 6.07 Å². The van der Waals surface area contributed by atoms with Crippen molar-refractivity contribution in [1.82, 2.24) is 0 Å². The number of para-hydroxylation sites is 1. The second-order valence-corrected chi connectivity index (χ2v) is 8.39. The Hall–Kier alpha value is -2.16. The monoisotopic (exact) mass is 341 g/mol. The Morgan fingerprint density at radius 3 is 2.16 bits per heavy atom. The Bertz CT molecular complexity index is 742. The molecule has 0 saturated carbocycles. The van der Waals surface area contributed by atoms with Crippen LogP contribution in [0.2, 0.25) is 0 Å². The number of phenols is 2. The fourth-order valence-electron chi connectivity index (χ4n) is 3.31. The van der Waals surface area contributed by atoms with Crippen molar-refractivity contribution in [2.45, 2.75) is 58.8 Å². The smallest absolute Gasteiger partial charge is 0.123 e. The van der Waals surface area contributed by atoms with E-state index in [-0.39, 0.29) is 10.8 Å². The van der Waals surface area contributed by atoms with E-state index < -0.39 is 0 Å². The van der Waals surface area contributed by atoms with Crippen molar-refractivity contribution in [1.29, 1.82) is 0 Å². The number of rotatable bonds is 5. The maximum absolute atomic E-state index is 10.9. The van der Waals surface area contributed by atoms with Crippen LogP contribution in [0.4, 0.5) is 5.69 Å². The van der Waals surface area contributed by atoms with Crippen molar-refractivity contribution in [3.8, 4) is 11.5 Å². The highest BCUT2D eigenvalue weighted by atomic mass is 16.3. The molecule has 2 rings (SSSR count). The molecule has 0 spiro atoms. The summed E-state index contributed by atoms with van der Waals surface area (Å²) in [6.07, 6.45) is 0.638. The van der Waals surface area contributed by atoms with Crippen LogP contribution in [-0.2, 0) is 17.3 Å². The molecule has 0 aliphatic rings. The Kier molecular flexibility index (Phi) is 5.36. The van der Waals surface area contributed by atoms with Gasteiger partial charge >= 0.3 is 0 Å². The van der Waals surface area contributed by atoms with E-state index in [4.69, 9.17) is 0 Å². The third-order valence-electron chi connectivity index (χ3n) is 4.67. The van der Waals surface area contributed by atoms with Gasteiger partial charge in [-0.3, -0.25) is 0 Å². The average Bonchev–Trinajstić information content (AvgIpc) is 2.49. The summed E-state index contributed by atoms with van der Waals surface area (Å²) in [6.45, 7) is 13.4. The summed E-state index contributed by atoms with van der Waals surface area (Å²) in [5, 5.41) is 24.4. The van der Waals surface area contributed by atoms with Crippen LogP contribution >= 0.6 is 0 Å². The summed E-state index contributed by atoms with van der Waals surface area (Å²) < 4.78 is 0. The number of nitrogens with one attached hydrogen (secondary N) is 1. The number of benzene rings is 2. The van der Waals surface area contributed by atoms with Gasteiger partial charge in [0, 0.05) is 17.8 Å². The van der Waals surface area contributed by atoms with Crippen LogP contribution in [0.3, 0.4) is 0 Å². The molecule has 3 heteroatoms. The Labute approximate surface area is 151 Å². The lowest BCUT2D eigenvalue weighted by Gasteiger charge is -2.30. The first-order valence-corrected chi connectivity index (χ1v) is 8.95. The highest BCUT2D eigenvalue weighted by molar-refractivity contribution is 5.53. The van der Waals surface area contributed by atoms with Gasteiger partial charge in [0.05, 0.1) is 0 Å². The Morgan fingerprint density at radius 2 is 1.56 bits per heavy atom. The zero-order valence-corrected chi connectivity index (χ0v) is 16.3. The molecule has 0 amide bonds. The van der Waals surface area contributed by atoms with Gasteiger partial charge < -0.3 is 15.5 Å². The highest BCUT2D eigenvalue weighted by Crippen LogP contribution is 2.41. The van der Waals surface area contributed by atoms with Gasteiger partial charge in [-0.15, -0.1) is 0 Å². The van der Waals surface area contributed by atoms with Crippen LogP contribution in [0.5, 0.6) is 11.5 Å². The van der Waals surface area contributed by atoms with Gasteiger partial charge in [-0.25, -0.2) is 0 Å². The maximum Gasteiger partial charge on any atom is 0.123 e. The van der Waals surface area contributed by atoms with Crippen LogP contribution in [0, 0.1) is 0 Å². The minimum absolute atomic E-state index is 0.122. The van der Waals surface area contributed by atoms with E-state index in [0.717, 1.165) is 28.9 Å². The van der Waals surface area contributed by atoms with Gasteiger partial charge in [0.15, 0.2) is 0 Å². The summed E-state index contributed by atoms with van der Waals surface area (Å²) in [4.78, 5) is 0. The number of phenolic OH excluding ortho intramolecular Hbond substituents is 2. The molecule has 3 N–H and O–H groups in total. The van der Waals surface area contributed by atoms with Crippen molar-refractivity contribution >= 4 is 5.69 Å². The molecule has 2 aromatic rings. The molecule has 0 bridgehead atoms. The van der Waals surface area contributed by atoms with Gasteiger partial charge in [-0.05, 0) is 53.5 Å². The molecule has 25 heavy (non-hydrogen) atoms. The SMILES string of the molecule is CCNc1ccc(O)c(CC(C)(C)c2cccc(C(C)(C)C)c2O)c1. The first kappa shape index (κ1) is 19.2. The fraction of sp³-hybridized carbons (Fsp3) is 0.455. The molecule has 0 aliphatic carbocycles. The van der Waals surface area contributed by atoms with Crippen LogP contribution in [0.15, 0.2) is 36.4 Å². The summed E-state index contributed by atoms with van der Waals surface area (Å²) >= 11 is 0. The molecule has 0 aromatic heterocycles. The molecular formula is C22H31NO2. The fourth-order valence-corrected chi connectivity index (χ4v) is 3.31. The molecule has 3 nitrogen and oxygen atoms in total. The first-order valence-electron chi connectivity index (χ1n) is 8.95. The van der Waals surface area contributed by atoms with Crippen LogP contribution < -0.4 is 5.32 Å². The van der Waals surface area contributed by atoms with Crippen LogP contribution in [0.25, 0.3) is 0 Å². The molecule has 0 unspecified atom stereocenters. The number of hydrogen-bond acceptors (Lipinski definition) is 3. The van der Waals surface area contributed by atoms with E-state index in [1.807, 2.05) is 37.3 Å². The molecule has 0 saturated heterocycles. The van der Waals surface area contributed by atoms with Gasteiger partial charge in [0.2, 0.25) is 0 Å². The zero-order valence-electron chi connectivity index (χ0n) is 16.3. The van der Waals surface area contributed by atoms with Crippen LogP contribution in [-0.4, -0.2) is 16.8 Å². The third-order valence-corrected chi connectivity index (χ3v) is 4.67. The quantitative estimate of drug-likeness (QED) is 0.643. The zero-order chi connectivity index (χ0) is 18.8. The van der Waals surface area contributed by atoms with E-state index in [9.17, 15) is 10.2 Å². The van der Waals surface area contributed by atoms with Gasteiger partial charge in [-0.1, -0.05) is 52.8 Å². The summed E-state index contributed by atoms with van der Waals surface area (Å²) in [5.41, 5.74) is 3.30.